The number of hydrogen-bond donors (Lipinski definition) is 1. The van der Waals surface area contributed by atoms with Crippen LogP contribution in [0.15, 0.2) is 15.9 Å². The fourth-order valence-corrected chi connectivity index (χ4v) is 5.33. The average Bonchev–Trinajstić information content (AvgIpc) is 2.81. The fraction of sp³-hybridized carbons (Fsp3) is 0.750. The molecule has 0 spiro atoms. The fourth-order valence-electron chi connectivity index (χ4n) is 3.89. The molecule has 1 N–H and O–H groups in total. The van der Waals surface area contributed by atoms with Crippen molar-refractivity contribution in [1.29, 1.82) is 0 Å². The molecule has 2 heterocycles. The van der Waals surface area contributed by atoms with E-state index in [1.54, 1.807) is 0 Å². The van der Waals surface area contributed by atoms with Crippen LogP contribution in [0.4, 0.5) is 0 Å². The van der Waals surface area contributed by atoms with E-state index in [1.165, 1.54) is 41.0 Å². The maximum atomic E-state index is 3.88. The highest BCUT2D eigenvalue weighted by molar-refractivity contribution is 9.11. The lowest BCUT2D eigenvalue weighted by Crippen LogP contribution is -2.58. The highest BCUT2D eigenvalue weighted by Gasteiger charge is 2.39. The lowest BCUT2D eigenvalue weighted by molar-refractivity contribution is 0.0291. The molecule has 1 saturated carbocycles. The minimum atomic E-state index is 0.701. The smallest absolute Gasteiger partial charge is 0.0701 e. The Kier molecular flexibility index (Phi) is 4.86. The first-order valence-electron chi connectivity index (χ1n) is 7.85. The van der Waals surface area contributed by atoms with Crippen LogP contribution in [0.2, 0.25) is 0 Å². The zero-order valence-corrected chi connectivity index (χ0v) is 14.8. The summed E-state index contributed by atoms with van der Waals surface area (Å²) in [6, 6.07) is 5.83. The number of piperidine rings is 1. The van der Waals surface area contributed by atoms with Gasteiger partial charge in [-0.2, -0.15) is 0 Å². The summed E-state index contributed by atoms with van der Waals surface area (Å²) in [6.07, 6.45) is 4.25. The Hall–Kier alpha value is 0.1000. The molecule has 3 rings (SSSR count). The van der Waals surface area contributed by atoms with Crippen molar-refractivity contribution in [1.82, 2.24) is 10.2 Å². The van der Waals surface area contributed by atoms with Crippen molar-refractivity contribution in [3.63, 3.8) is 0 Å². The van der Waals surface area contributed by atoms with Gasteiger partial charge in [0.15, 0.2) is 0 Å². The summed E-state index contributed by atoms with van der Waals surface area (Å²) >= 11 is 5.41. The van der Waals surface area contributed by atoms with Crippen molar-refractivity contribution in [3.8, 4) is 0 Å². The molecule has 20 heavy (non-hydrogen) atoms. The lowest BCUT2D eigenvalue weighted by Gasteiger charge is -2.49. The topological polar surface area (TPSA) is 15.3 Å². The Morgan fingerprint density at radius 2 is 2.00 bits per heavy atom. The zero-order chi connectivity index (χ0) is 14.1. The minimum Gasteiger partial charge on any atom is -0.308 e. The van der Waals surface area contributed by atoms with Gasteiger partial charge in [0.1, 0.15) is 0 Å². The highest BCUT2D eigenvalue weighted by atomic mass is 79.9. The van der Waals surface area contributed by atoms with Gasteiger partial charge in [-0.15, -0.1) is 11.3 Å². The Bertz CT molecular complexity index is 431. The van der Waals surface area contributed by atoms with Crippen LogP contribution < -0.4 is 5.32 Å². The summed E-state index contributed by atoms with van der Waals surface area (Å²) in [7, 11) is 0. The van der Waals surface area contributed by atoms with Gasteiger partial charge in [-0.25, -0.2) is 0 Å². The van der Waals surface area contributed by atoms with E-state index in [9.17, 15) is 0 Å². The highest BCUT2D eigenvalue weighted by Crippen LogP contribution is 2.36. The minimum absolute atomic E-state index is 0.701. The quantitative estimate of drug-likeness (QED) is 0.873. The lowest BCUT2D eigenvalue weighted by atomic mass is 9.73. The van der Waals surface area contributed by atoms with Gasteiger partial charge in [-0.05, 0) is 66.6 Å². The van der Waals surface area contributed by atoms with E-state index >= 15 is 0 Å². The summed E-state index contributed by atoms with van der Waals surface area (Å²) in [6.45, 7) is 8.30. The second-order valence-electron chi connectivity index (χ2n) is 6.61. The van der Waals surface area contributed by atoms with Gasteiger partial charge in [-0.3, -0.25) is 0 Å². The Morgan fingerprint density at radius 3 is 2.55 bits per heavy atom. The number of hydrogen-bond acceptors (Lipinski definition) is 3. The van der Waals surface area contributed by atoms with Gasteiger partial charge in [0, 0.05) is 36.6 Å². The number of nitrogens with zero attached hydrogens (tertiary/aromatic N) is 1. The molecule has 0 amide bonds. The molecule has 1 aromatic rings. The molecule has 2 unspecified atom stereocenters. The van der Waals surface area contributed by atoms with E-state index in [1.807, 2.05) is 11.3 Å². The van der Waals surface area contributed by atoms with Gasteiger partial charge in [0.05, 0.1) is 3.79 Å². The maximum absolute atomic E-state index is 3.88. The summed E-state index contributed by atoms with van der Waals surface area (Å²) in [5, 5.41) is 3.88. The molecule has 1 aliphatic carbocycles. The van der Waals surface area contributed by atoms with E-state index in [2.05, 4.69) is 52.1 Å². The molecule has 2 bridgehead atoms. The molecule has 2 aliphatic rings. The van der Waals surface area contributed by atoms with Crippen molar-refractivity contribution >= 4 is 27.3 Å². The molecular formula is C16H25BrN2S. The first-order valence-corrected chi connectivity index (χ1v) is 9.46. The monoisotopic (exact) mass is 356 g/mol. The van der Waals surface area contributed by atoms with Crippen LogP contribution in [0.3, 0.4) is 0 Å². The third-order valence-electron chi connectivity index (χ3n) is 4.97. The van der Waals surface area contributed by atoms with Crippen LogP contribution in [0, 0.1) is 11.8 Å². The molecule has 0 radical (unpaired) electrons. The first kappa shape index (κ1) is 15.0. The number of rotatable bonds is 4. The van der Waals surface area contributed by atoms with Gasteiger partial charge < -0.3 is 10.2 Å². The molecule has 2 nitrogen and oxygen atoms in total. The van der Waals surface area contributed by atoms with Crippen molar-refractivity contribution in [2.75, 3.05) is 13.1 Å². The van der Waals surface area contributed by atoms with Gasteiger partial charge in [0.2, 0.25) is 0 Å². The summed E-state index contributed by atoms with van der Waals surface area (Å²) in [5.74, 6) is 1.71. The number of thiophene rings is 1. The number of likely N-dealkylation sites (tertiary alicyclic amines) is 1. The van der Waals surface area contributed by atoms with E-state index in [-0.39, 0.29) is 0 Å². The van der Waals surface area contributed by atoms with Crippen molar-refractivity contribution in [2.24, 2.45) is 11.8 Å². The molecule has 2 fully saturated rings. The standard InChI is InChI=1S/C16H25BrN2S/c1-11(2)19-9-12-4-3-5-13(10-19)16(12)18-8-14-6-7-15(17)20-14/h6-7,11-13,16,18H,3-5,8-10H2,1-2H3. The number of fused-ring (bicyclic) bond motifs is 2. The third-order valence-corrected chi connectivity index (χ3v) is 6.60. The predicted molar refractivity (Wildman–Crippen MR) is 90.2 cm³/mol. The Morgan fingerprint density at radius 1 is 1.30 bits per heavy atom. The molecule has 4 heteroatoms. The molecule has 2 atom stereocenters. The Labute approximate surface area is 135 Å². The zero-order valence-electron chi connectivity index (χ0n) is 12.4. The summed E-state index contributed by atoms with van der Waals surface area (Å²) in [5.41, 5.74) is 0. The van der Waals surface area contributed by atoms with E-state index in [0.29, 0.717) is 6.04 Å². The van der Waals surface area contributed by atoms with Crippen LogP contribution in [0.1, 0.15) is 38.0 Å². The van der Waals surface area contributed by atoms with Crippen molar-refractivity contribution in [2.45, 2.75) is 51.7 Å². The molecule has 1 aromatic heterocycles. The second kappa shape index (κ2) is 6.47. The largest absolute Gasteiger partial charge is 0.308 e. The molecule has 0 aromatic carbocycles. The van der Waals surface area contributed by atoms with E-state index in [0.717, 1.165) is 24.4 Å². The number of halogens is 1. The van der Waals surface area contributed by atoms with Crippen molar-refractivity contribution in [3.05, 3.63) is 20.8 Å². The van der Waals surface area contributed by atoms with Gasteiger partial charge in [-0.1, -0.05) is 6.42 Å². The van der Waals surface area contributed by atoms with Crippen LogP contribution in [-0.4, -0.2) is 30.1 Å². The Balaban J connectivity index is 1.61. The van der Waals surface area contributed by atoms with Crippen LogP contribution in [-0.2, 0) is 6.54 Å². The molecule has 112 valence electrons. The summed E-state index contributed by atoms with van der Waals surface area (Å²) < 4.78 is 1.24. The van der Waals surface area contributed by atoms with Gasteiger partial charge >= 0.3 is 0 Å². The molecule has 1 saturated heterocycles. The van der Waals surface area contributed by atoms with E-state index < -0.39 is 0 Å². The van der Waals surface area contributed by atoms with Gasteiger partial charge in [0.25, 0.3) is 0 Å². The second-order valence-corrected chi connectivity index (χ2v) is 9.16. The molecular weight excluding hydrogens is 332 g/mol. The van der Waals surface area contributed by atoms with E-state index in [4.69, 9.17) is 0 Å². The first-order chi connectivity index (χ1) is 9.63. The normalized spacial score (nSPS) is 30.9. The predicted octanol–water partition coefficient (Wildman–Crippen LogP) is 4.11. The number of nitrogens with one attached hydrogen (secondary N) is 1. The SMILES string of the molecule is CC(C)N1CC2CCCC(C1)C2NCc1ccc(Br)s1. The maximum Gasteiger partial charge on any atom is 0.0701 e. The van der Waals surface area contributed by atoms with Crippen LogP contribution >= 0.6 is 27.3 Å². The van der Waals surface area contributed by atoms with Crippen LogP contribution in [0.25, 0.3) is 0 Å². The van der Waals surface area contributed by atoms with Crippen LogP contribution in [0.5, 0.6) is 0 Å². The third kappa shape index (κ3) is 3.29. The van der Waals surface area contributed by atoms with Crippen molar-refractivity contribution < 1.29 is 0 Å². The average molecular weight is 357 g/mol. The summed E-state index contributed by atoms with van der Waals surface area (Å²) in [4.78, 5) is 4.13. The molecule has 1 aliphatic heterocycles.